The molecule has 6 heteroatoms. The number of carbonyl (C=O) groups is 1. The normalized spacial score (nSPS) is 10.5. The summed E-state index contributed by atoms with van der Waals surface area (Å²) in [5.41, 5.74) is 2.47. The fraction of sp³-hybridized carbons (Fsp3) is 0.118. The molecule has 0 atom stereocenters. The molecule has 5 nitrogen and oxygen atoms in total. The molecule has 0 aliphatic carbocycles. The van der Waals surface area contributed by atoms with Crippen LogP contribution in [0, 0.1) is 6.92 Å². The molecule has 2 heterocycles. The maximum absolute atomic E-state index is 12.2. The van der Waals surface area contributed by atoms with Gasteiger partial charge in [-0.15, -0.1) is 0 Å². The van der Waals surface area contributed by atoms with E-state index in [1.165, 1.54) is 0 Å². The molecule has 0 radical (unpaired) electrons. The van der Waals surface area contributed by atoms with Crippen LogP contribution in [-0.4, -0.2) is 20.7 Å². The monoisotopic (exact) mass is 326 g/mol. The van der Waals surface area contributed by atoms with Crippen molar-refractivity contribution in [2.45, 2.75) is 13.5 Å². The number of anilines is 1. The van der Waals surface area contributed by atoms with Gasteiger partial charge >= 0.3 is 0 Å². The first-order chi connectivity index (χ1) is 11.1. The number of nitrogens with one attached hydrogen (secondary N) is 1. The van der Waals surface area contributed by atoms with E-state index in [1.54, 1.807) is 35.3 Å². The van der Waals surface area contributed by atoms with Crippen molar-refractivity contribution >= 4 is 23.3 Å². The Morgan fingerprint density at radius 1 is 1.22 bits per heavy atom. The number of hydrogen-bond donors (Lipinski definition) is 1. The van der Waals surface area contributed by atoms with Crippen LogP contribution in [0.1, 0.15) is 21.6 Å². The third kappa shape index (κ3) is 3.96. The molecule has 2 aromatic heterocycles. The van der Waals surface area contributed by atoms with Crippen molar-refractivity contribution in [3.8, 4) is 0 Å². The highest BCUT2D eigenvalue weighted by molar-refractivity contribution is 6.30. The van der Waals surface area contributed by atoms with Crippen LogP contribution in [0.2, 0.25) is 5.02 Å². The maximum Gasteiger partial charge on any atom is 0.256 e. The summed E-state index contributed by atoms with van der Waals surface area (Å²) < 4.78 is 1.74. The number of aromatic nitrogens is 3. The van der Waals surface area contributed by atoms with E-state index in [-0.39, 0.29) is 5.91 Å². The quantitative estimate of drug-likeness (QED) is 0.797. The van der Waals surface area contributed by atoms with Crippen LogP contribution in [0.4, 0.5) is 5.82 Å². The molecule has 0 bridgehead atoms. The molecule has 0 unspecified atom stereocenters. The van der Waals surface area contributed by atoms with Gasteiger partial charge in [-0.3, -0.25) is 9.48 Å². The van der Waals surface area contributed by atoms with E-state index in [4.69, 9.17) is 11.6 Å². The lowest BCUT2D eigenvalue weighted by Gasteiger charge is -2.06. The average Bonchev–Trinajstić information content (AvgIpc) is 2.93. The molecule has 1 amide bonds. The van der Waals surface area contributed by atoms with Gasteiger partial charge in [-0.25, -0.2) is 4.98 Å². The van der Waals surface area contributed by atoms with Crippen molar-refractivity contribution in [1.82, 2.24) is 14.8 Å². The van der Waals surface area contributed by atoms with E-state index >= 15 is 0 Å². The molecule has 3 rings (SSSR count). The van der Waals surface area contributed by atoms with Crippen LogP contribution < -0.4 is 5.32 Å². The van der Waals surface area contributed by atoms with Gasteiger partial charge in [0.05, 0.1) is 17.8 Å². The number of aryl methyl sites for hydroxylation is 1. The summed E-state index contributed by atoms with van der Waals surface area (Å²) in [6.45, 7) is 2.49. The van der Waals surface area contributed by atoms with Gasteiger partial charge < -0.3 is 5.32 Å². The predicted octanol–water partition coefficient (Wildman–Crippen LogP) is 3.54. The molecule has 23 heavy (non-hydrogen) atoms. The van der Waals surface area contributed by atoms with Gasteiger partial charge in [0.15, 0.2) is 0 Å². The number of benzene rings is 1. The lowest BCUT2D eigenvalue weighted by Crippen LogP contribution is -2.13. The number of hydrogen-bond acceptors (Lipinski definition) is 3. The molecule has 0 saturated carbocycles. The van der Waals surface area contributed by atoms with Gasteiger partial charge in [0, 0.05) is 17.5 Å². The first-order valence-corrected chi connectivity index (χ1v) is 7.50. The van der Waals surface area contributed by atoms with Gasteiger partial charge in [0.2, 0.25) is 0 Å². The molecule has 0 fully saturated rings. The molecule has 0 saturated heterocycles. The molecule has 1 N–H and O–H groups in total. The van der Waals surface area contributed by atoms with Crippen molar-refractivity contribution in [2.24, 2.45) is 0 Å². The second-order valence-electron chi connectivity index (χ2n) is 5.17. The fourth-order valence-electron chi connectivity index (χ4n) is 2.17. The van der Waals surface area contributed by atoms with E-state index in [1.807, 2.05) is 31.2 Å². The topological polar surface area (TPSA) is 59.8 Å². The van der Waals surface area contributed by atoms with E-state index in [9.17, 15) is 4.79 Å². The van der Waals surface area contributed by atoms with E-state index in [0.717, 1.165) is 11.3 Å². The Morgan fingerprint density at radius 2 is 2.00 bits per heavy atom. The van der Waals surface area contributed by atoms with Gasteiger partial charge in [-0.2, -0.15) is 5.10 Å². The van der Waals surface area contributed by atoms with Crippen LogP contribution in [0.15, 0.2) is 54.9 Å². The smallest absolute Gasteiger partial charge is 0.256 e. The number of halogens is 1. The summed E-state index contributed by atoms with van der Waals surface area (Å²) in [6, 6.07) is 12.9. The molecular weight excluding hydrogens is 312 g/mol. The summed E-state index contributed by atoms with van der Waals surface area (Å²) >= 11 is 5.84. The highest BCUT2D eigenvalue weighted by Crippen LogP contribution is 2.11. The zero-order chi connectivity index (χ0) is 16.2. The summed E-state index contributed by atoms with van der Waals surface area (Å²) in [6.07, 6.45) is 3.35. The fourth-order valence-corrected chi connectivity index (χ4v) is 2.33. The third-order valence-electron chi connectivity index (χ3n) is 3.29. The first-order valence-electron chi connectivity index (χ1n) is 7.12. The van der Waals surface area contributed by atoms with E-state index in [0.29, 0.717) is 22.9 Å². The minimum absolute atomic E-state index is 0.184. The van der Waals surface area contributed by atoms with Crippen molar-refractivity contribution < 1.29 is 4.79 Å². The number of amides is 1. The number of pyridine rings is 1. The maximum atomic E-state index is 12.2. The highest BCUT2D eigenvalue weighted by atomic mass is 35.5. The van der Waals surface area contributed by atoms with Crippen LogP contribution >= 0.6 is 11.6 Å². The van der Waals surface area contributed by atoms with Gasteiger partial charge in [0.1, 0.15) is 5.82 Å². The molecule has 116 valence electrons. The Kier molecular flexibility index (Phi) is 4.39. The van der Waals surface area contributed by atoms with E-state index < -0.39 is 0 Å². The average molecular weight is 327 g/mol. The summed E-state index contributed by atoms with van der Waals surface area (Å²) in [4.78, 5) is 16.5. The van der Waals surface area contributed by atoms with Crippen molar-refractivity contribution in [3.63, 3.8) is 0 Å². The van der Waals surface area contributed by atoms with Crippen LogP contribution in [0.3, 0.4) is 0 Å². The molecule has 1 aromatic carbocycles. The molecule has 0 aliphatic heterocycles. The second-order valence-corrected chi connectivity index (χ2v) is 5.61. The lowest BCUT2D eigenvalue weighted by molar-refractivity contribution is 0.102. The second kappa shape index (κ2) is 6.62. The van der Waals surface area contributed by atoms with Crippen molar-refractivity contribution in [1.29, 1.82) is 0 Å². The standard InChI is InChI=1S/C17H15ClN4O/c1-12-3-2-4-16(20-12)21-17(23)14-7-5-13(6-8-14)10-22-11-15(18)9-19-22/h2-9,11H,10H2,1H3,(H,20,21,23). The Bertz CT molecular complexity index is 827. The van der Waals surface area contributed by atoms with Crippen LogP contribution in [-0.2, 0) is 6.54 Å². The molecule has 0 spiro atoms. The Balaban J connectivity index is 1.67. The third-order valence-corrected chi connectivity index (χ3v) is 3.49. The highest BCUT2D eigenvalue weighted by Gasteiger charge is 2.07. The molecule has 3 aromatic rings. The minimum atomic E-state index is -0.184. The summed E-state index contributed by atoms with van der Waals surface area (Å²) in [7, 11) is 0. The number of nitrogens with zero attached hydrogens (tertiary/aromatic N) is 3. The predicted molar refractivity (Wildman–Crippen MR) is 89.7 cm³/mol. The lowest BCUT2D eigenvalue weighted by atomic mass is 10.1. The summed E-state index contributed by atoms with van der Waals surface area (Å²) in [5.74, 6) is 0.363. The minimum Gasteiger partial charge on any atom is -0.307 e. The SMILES string of the molecule is Cc1cccc(NC(=O)c2ccc(Cn3cc(Cl)cn3)cc2)n1. The van der Waals surface area contributed by atoms with E-state index in [2.05, 4.69) is 15.4 Å². The Hall–Kier alpha value is -2.66. The largest absolute Gasteiger partial charge is 0.307 e. The van der Waals surface area contributed by atoms with Gasteiger partial charge in [-0.1, -0.05) is 29.8 Å². The van der Waals surface area contributed by atoms with Crippen LogP contribution in [0.5, 0.6) is 0 Å². The molecule has 0 aliphatic rings. The van der Waals surface area contributed by atoms with Gasteiger partial charge in [-0.05, 0) is 36.8 Å². The molecular formula is C17H15ClN4O. The number of rotatable bonds is 4. The first kappa shape index (κ1) is 15.2. The van der Waals surface area contributed by atoms with Crippen LogP contribution in [0.25, 0.3) is 0 Å². The zero-order valence-corrected chi connectivity index (χ0v) is 13.3. The van der Waals surface area contributed by atoms with Crippen molar-refractivity contribution in [2.75, 3.05) is 5.32 Å². The Morgan fingerprint density at radius 3 is 2.65 bits per heavy atom. The summed E-state index contributed by atoms with van der Waals surface area (Å²) in [5, 5.41) is 7.52. The zero-order valence-electron chi connectivity index (χ0n) is 12.5. The Labute approximate surface area is 138 Å². The van der Waals surface area contributed by atoms with Gasteiger partial charge in [0.25, 0.3) is 5.91 Å². The van der Waals surface area contributed by atoms with Crippen molar-refractivity contribution in [3.05, 3.63) is 76.7 Å². The number of carbonyl (C=O) groups excluding carboxylic acids is 1.